The molecule has 1 amide bonds. The van der Waals surface area contributed by atoms with E-state index in [0.29, 0.717) is 23.8 Å². The molecule has 33 heavy (non-hydrogen) atoms. The molecule has 5 nitrogen and oxygen atoms in total. The van der Waals surface area contributed by atoms with Crippen molar-refractivity contribution in [2.24, 2.45) is 0 Å². The Morgan fingerprint density at radius 2 is 1.88 bits per heavy atom. The molecule has 1 unspecified atom stereocenters. The van der Waals surface area contributed by atoms with Crippen LogP contribution in [0, 0.1) is 0 Å². The molecule has 1 saturated heterocycles. The van der Waals surface area contributed by atoms with Crippen molar-refractivity contribution in [2.75, 3.05) is 22.9 Å². The number of rotatable bonds is 2. The van der Waals surface area contributed by atoms with Crippen LogP contribution in [0.3, 0.4) is 0 Å². The lowest BCUT2D eigenvalue weighted by Crippen LogP contribution is -2.55. The van der Waals surface area contributed by atoms with Crippen LogP contribution in [0.15, 0.2) is 60.7 Å². The SMILES string of the molecule is O=C(Oc1ccccc1)N1c2nc(-c3cccc(C(F)(F)F)c3)c(Cl)cc2N2CCCC1C2. The molecule has 1 fully saturated rings. The first-order valence-corrected chi connectivity index (χ1v) is 10.9. The van der Waals surface area contributed by atoms with Gasteiger partial charge in [0, 0.05) is 18.7 Å². The Kier molecular flexibility index (Phi) is 5.40. The molecule has 0 spiro atoms. The van der Waals surface area contributed by atoms with Gasteiger partial charge in [0.05, 0.1) is 28.0 Å². The molecule has 3 heterocycles. The van der Waals surface area contributed by atoms with E-state index in [9.17, 15) is 18.0 Å². The summed E-state index contributed by atoms with van der Waals surface area (Å²) in [6.07, 6.45) is -3.43. The molecule has 5 rings (SSSR count). The lowest BCUT2D eigenvalue weighted by molar-refractivity contribution is -0.137. The fraction of sp³-hybridized carbons (Fsp3) is 0.250. The summed E-state index contributed by atoms with van der Waals surface area (Å²) >= 11 is 6.49. The molecule has 3 aromatic rings. The van der Waals surface area contributed by atoms with E-state index in [-0.39, 0.29) is 22.3 Å². The smallest absolute Gasteiger partial charge is 0.410 e. The summed E-state index contributed by atoms with van der Waals surface area (Å²) < 4.78 is 45.4. The van der Waals surface area contributed by atoms with E-state index in [2.05, 4.69) is 9.88 Å². The van der Waals surface area contributed by atoms with Crippen LogP contribution in [0.5, 0.6) is 5.75 Å². The van der Waals surface area contributed by atoms with Crippen molar-refractivity contribution in [3.63, 3.8) is 0 Å². The number of carbonyl (C=O) groups excluding carboxylic acids is 1. The molecule has 1 atom stereocenters. The van der Waals surface area contributed by atoms with Crippen molar-refractivity contribution in [1.29, 1.82) is 0 Å². The van der Waals surface area contributed by atoms with Crippen LogP contribution in [0.4, 0.5) is 29.5 Å². The first-order valence-electron chi connectivity index (χ1n) is 10.5. The third-order valence-corrected chi connectivity index (χ3v) is 6.16. The standard InChI is InChI=1S/C24H19ClF3N3O2/c25-19-13-20-22(29-21(19)15-6-4-7-16(12-15)24(26,27)28)31(17-8-5-11-30(20)14-17)23(32)33-18-9-2-1-3-10-18/h1-4,6-7,9-10,12-13,17H,5,8,11,14H2. The highest BCUT2D eigenvalue weighted by molar-refractivity contribution is 6.33. The maximum absolute atomic E-state index is 13.3. The number of hydrogen-bond donors (Lipinski definition) is 0. The molecule has 0 N–H and O–H groups in total. The maximum atomic E-state index is 13.3. The van der Waals surface area contributed by atoms with Crippen molar-refractivity contribution in [3.05, 3.63) is 71.2 Å². The van der Waals surface area contributed by atoms with Crippen LogP contribution in [0.1, 0.15) is 18.4 Å². The molecule has 2 aliphatic rings. The summed E-state index contributed by atoms with van der Waals surface area (Å²) in [6, 6.07) is 15.1. The zero-order chi connectivity index (χ0) is 23.2. The van der Waals surface area contributed by atoms with Gasteiger partial charge in [0.15, 0.2) is 5.82 Å². The molecule has 2 aliphatic heterocycles. The van der Waals surface area contributed by atoms with Crippen LogP contribution >= 0.6 is 11.6 Å². The summed E-state index contributed by atoms with van der Waals surface area (Å²) in [4.78, 5) is 21.4. The van der Waals surface area contributed by atoms with E-state index >= 15 is 0 Å². The fourth-order valence-corrected chi connectivity index (χ4v) is 4.61. The molecule has 0 saturated carbocycles. The molecule has 2 bridgehead atoms. The Balaban J connectivity index is 1.59. The monoisotopic (exact) mass is 473 g/mol. The van der Waals surface area contributed by atoms with Crippen LogP contribution < -0.4 is 14.5 Å². The van der Waals surface area contributed by atoms with Crippen molar-refractivity contribution in [1.82, 2.24) is 4.98 Å². The van der Waals surface area contributed by atoms with E-state index in [0.717, 1.165) is 31.5 Å². The number of pyridine rings is 1. The van der Waals surface area contributed by atoms with Crippen LogP contribution in [0.25, 0.3) is 11.3 Å². The first-order chi connectivity index (χ1) is 15.8. The number of hydrogen-bond acceptors (Lipinski definition) is 4. The van der Waals surface area contributed by atoms with E-state index in [1.54, 1.807) is 30.3 Å². The van der Waals surface area contributed by atoms with Gasteiger partial charge in [-0.2, -0.15) is 13.2 Å². The van der Waals surface area contributed by atoms with Gasteiger partial charge in [-0.15, -0.1) is 0 Å². The molecular formula is C24H19ClF3N3O2. The molecular weight excluding hydrogens is 455 g/mol. The number of nitrogens with zero attached hydrogens (tertiary/aromatic N) is 3. The zero-order valence-electron chi connectivity index (χ0n) is 17.3. The number of piperidine rings is 1. The summed E-state index contributed by atoms with van der Waals surface area (Å²) in [6.45, 7) is 1.39. The third-order valence-electron chi connectivity index (χ3n) is 5.88. The molecule has 1 aromatic heterocycles. The summed E-state index contributed by atoms with van der Waals surface area (Å²) in [5.41, 5.74) is 0.271. The summed E-state index contributed by atoms with van der Waals surface area (Å²) in [5.74, 6) is 0.734. The van der Waals surface area contributed by atoms with Gasteiger partial charge in [-0.1, -0.05) is 41.9 Å². The number of para-hydroxylation sites is 1. The predicted octanol–water partition coefficient (Wildman–Crippen LogP) is 6.41. The van der Waals surface area contributed by atoms with Gasteiger partial charge in [-0.3, -0.25) is 4.90 Å². The molecule has 2 aromatic carbocycles. The minimum Gasteiger partial charge on any atom is -0.410 e. The van der Waals surface area contributed by atoms with E-state index in [4.69, 9.17) is 16.3 Å². The largest absolute Gasteiger partial charge is 0.421 e. The predicted molar refractivity (Wildman–Crippen MR) is 120 cm³/mol. The minimum atomic E-state index is -4.50. The highest BCUT2D eigenvalue weighted by Gasteiger charge is 2.40. The van der Waals surface area contributed by atoms with Crippen molar-refractivity contribution >= 4 is 29.2 Å². The van der Waals surface area contributed by atoms with Gasteiger partial charge in [0.2, 0.25) is 0 Å². The van der Waals surface area contributed by atoms with Crippen LogP contribution in [-0.2, 0) is 6.18 Å². The lowest BCUT2D eigenvalue weighted by atomic mass is 9.99. The molecule has 9 heteroatoms. The van der Waals surface area contributed by atoms with E-state index < -0.39 is 17.8 Å². The Morgan fingerprint density at radius 1 is 1.09 bits per heavy atom. The second-order valence-corrected chi connectivity index (χ2v) is 8.44. The van der Waals surface area contributed by atoms with Crippen molar-refractivity contribution in [3.8, 4) is 17.0 Å². The second kappa shape index (κ2) is 8.26. The number of alkyl halides is 3. The zero-order valence-corrected chi connectivity index (χ0v) is 18.1. The number of carbonyl (C=O) groups is 1. The number of benzene rings is 2. The highest BCUT2D eigenvalue weighted by atomic mass is 35.5. The number of aromatic nitrogens is 1. The fourth-order valence-electron chi connectivity index (χ4n) is 4.36. The number of amides is 1. The van der Waals surface area contributed by atoms with Crippen LogP contribution in [-0.4, -0.2) is 30.2 Å². The lowest BCUT2D eigenvalue weighted by Gasteiger charge is -2.45. The maximum Gasteiger partial charge on any atom is 0.421 e. The van der Waals surface area contributed by atoms with Gasteiger partial charge in [-0.25, -0.2) is 9.78 Å². The Hall–Kier alpha value is -3.26. The minimum absolute atomic E-state index is 0.162. The summed E-state index contributed by atoms with van der Waals surface area (Å²) in [5, 5.41) is 0.216. The highest BCUT2D eigenvalue weighted by Crippen LogP contribution is 2.43. The van der Waals surface area contributed by atoms with Gasteiger partial charge < -0.3 is 9.64 Å². The number of fused-ring (bicyclic) bond motifs is 4. The van der Waals surface area contributed by atoms with Crippen molar-refractivity contribution in [2.45, 2.75) is 25.1 Å². The molecule has 0 radical (unpaired) electrons. The Bertz CT molecular complexity index is 1200. The normalized spacial score (nSPS) is 17.5. The average molecular weight is 474 g/mol. The Labute approximate surface area is 193 Å². The summed E-state index contributed by atoms with van der Waals surface area (Å²) in [7, 11) is 0. The molecule has 170 valence electrons. The van der Waals surface area contributed by atoms with E-state index in [1.165, 1.54) is 17.0 Å². The topological polar surface area (TPSA) is 45.7 Å². The second-order valence-electron chi connectivity index (χ2n) is 8.03. The third kappa shape index (κ3) is 4.11. The number of ether oxygens (including phenoxy) is 1. The van der Waals surface area contributed by atoms with Gasteiger partial charge in [-0.05, 0) is 43.2 Å². The van der Waals surface area contributed by atoms with Gasteiger partial charge in [0.1, 0.15) is 5.75 Å². The Morgan fingerprint density at radius 3 is 2.64 bits per heavy atom. The van der Waals surface area contributed by atoms with Gasteiger partial charge >= 0.3 is 12.3 Å². The molecule has 0 aliphatic carbocycles. The van der Waals surface area contributed by atoms with E-state index in [1.807, 2.05) is 6.07 Å². The quantitative estimate of drug-likeness (QED) is 0.431. The van der Waals surface area contributed by atoms with Crippen LogP contribution in [0.2, 0.25) is 5.02 Å². The van der Waals surface area contributed by atoms with Crippen molar-refractivity contribution < 1.29 is 22.7 Å². The van der Waals surface area contributed by atoms with Gasteiger partial charge in [0.25, 0.3) is 0 Å². The number of anilines is 2. The number of halogens is 4. The average Bonchev–Trinajstić information content (AvgIpc) is 2.80. The first kappa shape index (κ1) is 21.6.